The molecule has 0 aromatic carbocycles. The Bertz CT molecular complexity index is 338. The van der Waals surface area contributed by atoms with Gasteiger partial charge in [0.05, 0.1) is 18.8 Å². The summed E-state index contributed by atoms with van der Waals surface area (Å²) in [6, 6.07) is 0.604. The predicted octanol–water partition coefficient (Wildman–Crippen LogP) is 0.874. The molecule has 6 heteroatoms. The van der Waals surface area contributed by atoms with Crippen molar-refractivity contribution in [3.63, 3.8) is 0 Å². The number of nitrogens with two attached hydrogens (primary N) is 1. The second-order valence-electron chi connectivity index (χ2n) is 4.68. The van der Waals surface area contributed by atoms with E-state index in [4.69, 9.17) is 10.5 Å². The van der Waals surface area contributed by atoms with E-state index in [1.807, 2.05) is 10.9 Å². The summed E-state index contributed by atoms with van der Waals surface area (Å²) in [7, 11) is 1.75. The van der Waals surface area contributed by atoms with Gasteiger partial charge in [0.2, 0.25) is 0 Å². The number of hydrogen-bond donors (Lipinski definition) is 1. The van der Waals surface area contributed by atoms with E-state index < -0.39 is 0 Å². The summed E-state index contributed by atoms with van der Waals surface area (Å²) in [5, 5.41) is 8.08. The van der Waals surface area contributed by atoms with E-state index in [1.54, 1.807) is 7.11 Å². The highest BCUT2D eigenvalue weighted by molar-refractivity contribution is 4.90. The van der Waals surface area contributed by atoms with Crippen LogP contribution in [0.4, 0.5) is 0 Å². The summed E-state index contributed by atoms with van der Waals surface area (Å²) < 4.78 is 7.06. The topological polar surface area (TPSA) is 69.2 Å². The normalized spacial score (nSPS) is 11.7. The molecule has 0 aliphatic rings. The van der Waals surface area contributed by atoms with Crippen LogP contribution in [0.15, 0.2) is 6.20 Å². The Morgan fingerprint density at radius 3 is 2.63 bits per heavy atom. The standard InChI is InChI=1S/C13H27N5O/c1-4-13(5-2)17(8-9-19-3)6-7-18-11-12(10-14)15-16-18/h11,13H,4-10,14H2,1-3H3. The summed E-state index contributed by atoms with van der Waals surface area (Å²) in [5.41, 5.74) is 6.37. The van der Waals surface area contributed by atoms with E-state index in [0.717, 1.165) is 44.8 Å². The molecule has 110 valence electrons. The lowest BCUT2D eigenvalue weighted by Gasteiger charge is -2.30. The largest absolute Gasteiger partial charge is 0.383 e. The van der Waals surface area contributed by atoms with Gasteiger partial charge in [-0.05, 0) is 12.8 Å². The SMILES string of the molecule is CCC(CC)N(CCOC)CCn1cc(CN)nn1. The van der Waals surface area contributed by atoms with Crippen LogP contribution in [0, 0.1) is 0 Å². The first kappa shape index (κ1) is 16.1. The van der Waals surface area contributed by atoms with Crippen molar-refractivity contribution in [1.29, 1.82) is 0 Å². The zero-order chi connectivity index (χ0) is 14.1. The molecular weight excluding hydrogens is 242 g/mol. The Morgan fingerprint density at radius 2 is 2.11 bits per heavy atom. The van der Waals surface area contributed by atoms with Crippen molar-refractivity contribution in [3.8, 4) is 0 Å². The fourth-order valence-corrected chi connectivity index (χ4v) is 2.26. The summed E-state index contributed by atoms with van der Waals surface area (Å²) in [5.74, 6) is 0. The molecule has 0 saturated heterocycles. The average Bonchev–Trinajstić information content (AvgIpc) is 2.90. The maximum absolute atomic E-state index is 5.53. The van der Waals surface area contributed by atoms with Crippen LogP contribution in [0.2, 0.25) is 0 Å². The van der Waals surface area contributed by atoms with Crippen LogP contribution in [0.25, 0.3) is 0 Å². The second kappa shape index (κ2) is 9.01. The van der Waals surface area contributed by atoms with Crippen molar-refractivity contribution in [3.05, 3.63) is 11.9 Å². The van der Waals surface area contributed by atoms with E-state index in [0.29, 0.717) is 12.6 Å². The average molecular weight is 269 g/mol. The molecule has 1 aromatic heterocycles. The number of rotatable bonds is 10. The van der Waals surface area contributed by atoms with Crippen LogP contribution in [0.5, 0.6) is 0 Å². The molecule has 0 spiro atoms. The molecule has 19 heavy (non-hydrogen) atoms. The number of aromatic nitrogens is 3. The Morgan fingerprint density at radius 1 is 1.37 bits per heavy atom. The lowest BCUT2D eigenvalue weighted by Crippen LogP contribution is -2.39. The van der Waals surface area contributed by atoms with Crippen molar-refractivity contribution in [2.75, 3.05) is 26.8 Å². The van der Waals surface area contributed by atoms with Gasteiger partial charge in [-0.25, -0.2) is 0 Å². The van der Waals surface area contributed by atoms with Gasteiger partial charge in [0.25, 0.3) is 0 Å². The highest BCUT2D eigenvalue weighted by atomic mass is 16.5. The quantitative estimate of drug-likeness (QED) is 0.682. The zero-order valence-corrected chi connectivity index (χ0v) is 12.4. The van der Waals surface area contributed by atoms with Gasteiger partial charge in [-0.1, -0.05) is 19.1 Å². The van der Waals surface area contributed by atoms with Crippen molar-refractivity contribution >= 4 is 0 Å². The van der Waals surface area contributed by atoms with Gasteiger partial charge in [-0.3, -0.25) is 9.58 Å². The molecule has 1 aromatic rings. The smallest absolute Gasteiger partial charge is 0.0962 e. The van der Waals surface area contributed by atoms with Crippen LogP contribution in [-0.2, 0) is 17.8 Å². The minimum atomic E-state index is 0.444. The monoisotopic (exact) mass is 269 g/mol. The molecule has 0 aliphatic heterocycles. The van der Waals surface area contributed by atoms with Gasteiger partial charge in [0.15, 0.2) is 0 Å². The maximum atomic E-state index is 5.53. The molecule has 1 heterocycles. The Kier molecular flexibility index (Phi) is 7.62. The number of nitrogens with zero attached hydrogens (tertiary/aromatic N) is 4. The number of methoxy groups -OCH3 is 1. The summed E-state index contributed by atoms with van der Waals surface area (Å²) in [6.07, 6.45) is 4.23. The lowest BCUT2D eigenvalue weighted by atomic mass is 10.1. The molecule has 6 nitrogen and oxygen atoms in total. The van der Waals surface area contributed by atoms with Crippen LogP contribution >= 0.6 is 0 Å². The lowest BCUT2D eigenvalue weighted by molar-refractivity contribution is 0.111. The van der Waals surface area contributed by atoms with Crippen molar-refractivity contribution in [2.45, 2.75) is 45.8 Å². The fraction of sp³-hybridized carbons (Fsp3) is 0.846. The number of hydrogen-bond acceptors (Lipinski definition) is 5. The first-order valence-corrected chi connectivity index (χ1v) is 7.07. The molecule has 1 rings (SSSR count). The Labute approximate surface area is 115 Å². The van der Waals surface area contributed by atoms with Gasteiger partial charge in [-0.15, -0.1) is 5.10 Å². The summed E-state index contributed by atoms with van der Waals surface area (Å²) in [4.78, 5) is 2.47. The van der Waals surface area contributed by atoms with Crippen molar-refractivity contribution in [1.82, 2.24) is 19.9 Å². The van der Waals surface area contributed by atoms with Crippen LogP contribution in [0.3, 0.4) is 0 Å². The molecule has 0 bridgehead atoms. The molecule has 0 aliphatic carbocycles. The van der Waals surface area contributed by atoms with E-state index in [9.17, 15) is 0 Å². The molecule has 0 fully saturated rings. The van der Waals surface area contributed by atoms with Gasteiger partial charge >= 0.3 is 0 Å². The molecule has 0 radical (unpaired) electrons. The van der Waals surface area contributed by atoms with Gasteiger partial charge in [0, 0.05) is 39.0 Å². The zero-order valence-electron chi connectivity index (χ0n) is 12.4. The molecule has 2 N–H and O–H groups in total. The van der Waals surface area contributed by atoms with E-state index in [-0.39, 0.29) is 0 Å². The van der Waals surface area contributed by atoms with Gasteiger partial charge < -0.3 is 10.5 Å². The van der Waals surface area contributed by atoms with Gasteiger partial charge in [-0.2, -0.15) is 0 Å². The Balaban J connectivity index is 2.51. The first-order chi connectivity index (χ1) is 9.24. The van der Waals surface area contributed by atoms with E-state index in [2.05, 4.69) is 29.1 Å². The van der Waals surface area contributed by atoms with Crippen molar-refractivity contribution in [2.24, 2.45) is 5.73 Å². The first-order valence-electron chi connectivity index (χ1n) is 7.07. The molecule has 0 amide bonds. The molecule has 0 atom stereocenters. The fourth-order valence-electron chi connectivity index (χ4n) is 2.26. The molecule has 0 unspecified atom stereocenters. The van der Waals surface area contributed by atoms with Crippen molar-refractivity contribution < 1.29 is 4.74 Å². The Hall–Kier alpha value is -0.980. The summed E-state index contributed by atoms with van der Waals surface area (Å²) >= 11 is 0. The molecule has 0 saturated carbocycles. The van der Waals surface area contributed by atoms with Gasteiger partial charge in [0.1, 0.15) is 0 Å². The van der Waals surface area contributed by atoms with Crippen LogP contribution in [0.1, 0.15) is 32.4 Å². The minimum absolute atomic E-state index is 0.444. The van der Waals surface area contributed by atoms with Crippen LogP contribution in [-0.4, -0.2) is 52.7 Å². The molecular formula is C13H27N5O. The third-order valence-corrected chi connectivity index (χ3v) is 3.45. The second-order valence-corrected chi connectivity index (χ2v) is 4.68. The minimum Gasteiger partial charge on any atom is -0.383 e. The number of ether oxygens (including phenoxy) is 1. The third-order valence-electron chi connectivity index (χ3n) is 3.45. The highest BCUT2D eigenvalue weighted by Gasteiger charge is 2.14. The highest BCUT2D eigenvalue weighted by Crippen LogP contribution is 2.08. The maximum Gasteiger partial charge on any atom is 0.0962 e. The van der Waals surface area contributed by atoms with Crippen LogP contribution < -0.4 is 5.73 Å². The predicted molar refractivity (Wildman–Crippen MR) is 75.7 cm³/mol. The van der Waals surface area contributed by atoms with E-state index >= 15 is 0 Å². The summed E-state index contributed by atoms with van der Waals surface area (Å²) in [6.45, 7) is 8.44. The van der Waals surface area contributed by atoms with E-state index in [1.165, 1.54) is 0 Å². The third kappa shape index (κ3) is 5.26.